The molecule has 2 atom stereocenters. The number of aliphatic hydroxyl groups is 1. The third-order valence-electron chi connectivity index (χ3n) is 6.07. The van der Waals surface area contributed by atoms with Crippen LogP contribution >= 0.6 is 0 Å². The molecule has 25 heavy (non-hydrogen) atoms. The fourth-order valence-corrected chi connectivity index (χ4v) is 4.14. The minimum atomic E-state index is -0.754. The molecule has 2 unspecified atom stereocenters. The van der Waals surface area contributed by atoms with Gasteiger partial charge in [0.25, 0.3) is 0 Å². The zero-order valence-electron chi connectivity index (χ0n) is 16.8. The number of carbonyl (C=O) groups is 2. The first-order chi connectivity index (χ1) is 11.4. The van der Waals surface area contributed by atoms with E-state index in [4.69, 9.17) is 0 Å². The van der Waals surface area contributed by atoms with E-state index in [2.05, 4.69) is 20.8 Å². The van der Waals surface area contributed by atoms with Crippen LogP contribution in [-0.2, 0) is 9.59 Å². The van der Waals surface area contributed by atoms with Gasteiger partial charge < -0.3 is 14.9 Å². The number of nitrogens with zero attached hydrogens (tertiary/aromatic N) is 2. The second kappa shape index (κ2) is 7.26. The molecule has 5 nitrogen and oxygen atoms in total. The molecule has 2 amide bonds. The Morgan fingerprint density at radius 3 is 2.08 bits per heavy atom. The maximum atomic E-state index is 12.5. The minimum absolute atomic E-state index is 0.0146. The number of likely N-dealkylation sites (tertiary alicyclic amines) is 2. The summed E-state index contributed by atoms with van der Waals surface area (Å²) in [6, 6.07) is 0. The number of rotatable bonds is 3. The summed E-state index contributed by atoms with van der Waals surface area (Å²) in [6.45, 7) is 14.8. The van der Waals surface area contributed by atoms with Crippen molar-refractivity contribution in [2.75, 3.05) is 19.6 Å². The van der Waals surface area contributed by atoms with Crippen LogP contribution in [0.15, 0.2) is 0 Å². The van der Waals surface area contributed by atoms with E-state index in [0.717, 1.165) is 25.9 Å². The third kappa shape index (κ3) is 4.75. The van der Waals surface area contributed by atoms with Crippen LogP contribution in [0.25, 0.3) is 0 Å². The Labute approximate surface area is 152 Å². The first-order valence-electron chi connectivity index (χ1n) is 9.67. The molecule has 0 saturated carbocycles. The van der Waals surface area contributed by atoms with Gasteiger partial charge in [0.1, 0.15) is 6.23 Å². The monoisotopic (exact) mass is 352 g/mol. The van der Waals surface area contributed by atoms with E-state index in [-0.39, 0.29) is 23.1 Å². The Morgan fingerprint density at radius 2 is 1.64 bits per heavy atom. The number of hydrogen-bond acceptors (Lipinski definition) is 3. The first-order valence-corrected chi connectivity index (χ1v) is 9.67. The maximum Gasteiger partial charge on any atom is 0.228 e. The van der Waals surface area contributed by atoms with Gasteiger partial charge in [-0.25, -0.2) is 0 Å². The van der Waals surface area contributed by atoms with Crippen molar-refractivity contribution in [2.45, 2.75) is 73.5 Å². The first kappa shape index (κ1) is 20.2. The van der Waals surface area contributed by atoms with Gasteiger partial charge in [0, 0.05) is 38.4 Å². The summed E-state index contributed by atoms with van der Waals surface area (Å²) < 4.78 is 0. The van der Waals surface area contributed by atoms with Gasteiger partial charge in [0.05, 0.1) is 0 Å². The van der Waals surface area contributed by atoms with E-state index in [1.807, 2.05) is 25.7 Å². The molecule has 2 saturated heterocycles. The maximum absolute atomic E-state index is 12.5. The van der Waals surface area contributed by atoms with Gasteiger partial charge in [-0.15, -0.1) is 0 Å². The standard InChI is InChI=1S/C20H36N2O3/c1-19(2,3)14-7-10-21(11-8-14)16(23)9-12-22-17(24)13-15(18(22)25)20(4,5)6/h14-15,17,24H,7-13H2,1-6H3. The summed E-state index contributed by atoms with van der Waals surface area (Å²) in [7, 11) is 0. The van der Waals surface area contributed by atoms with Crippen molar-refractivity contribution in [3.63, 3.8) is 0 Å². The topological polar surface area (TPSA) is 60.9 Å². The molecule has 0 aliphatic carbocycles. The Bertz CT molecular complexity index is 496. The number of aliphatic hydroxyl groups excluding tert-OH is 1. The Kier molecular flexibility index (Phi) is 5.87. The highest BCUT2D eigenvalue weighted by molar-refractivity contribution is 5.83. The average molecular weight is 353 g/mol. The van der Waals surface area contributed by atoms with Crippen LogP contribution in [-0.4, -0.2) is 52.6 Å². The van der Waals surface area contributed by atoms with E-state index < -0.39 is 6.23 Å². The largest absolute Gasteiger partial charge is 0.373 e. The molecule has 2 fully saturated rings. The second-order valence-corrected chi connectivity index (χ2v) is 9.94. The molecule has 0 radical (unpaired) electrons. The van der Waals surface area contributed by atoms with Gasteiger partial charge >= 0.3 is 0 Å². The molecule has 2 aliphatic heterocycles. The molecule has 0 aromatic rings. The summed E-state index contributed by atoms with van der Waals surface area (Å²) in [5, 5.41) is 10.2. The molecule has 2 aliphatic rings. The van der Waals surface area contributed by atoms with Crippen molar-refractivity contribution >= 4 is 11.8 Å². The van der Waals surface area contributed by atoms with E-state index in [1.165, 1.54) is 4.90 Å². The van der Waals surface area contributed by atoms with Gasteiger partial charge in [0.15, 0.2) is 0 Å². The molecule has 5 heteroatoms. The fraction of sp³-hybridized carbons (Fsp3) is 0.900. The number of amides is 2. The Balaban J connectivity index is 1.84. The van der Waals surface area contributed by atoms with Crippen LogP contribution in [0.2, 0.25) is 0 Å². The van der Waals surface area contributed by atoms with E-state index in [0.29, 0.717) is 30.7 Å². The quantitative estimate of drug-likeness (QED) is 0.849. The predicted molar refractivity (Wildman–Crippen MR) is 98.7 cm³/mol. The third-order valence-corrected chi connectivity index (χ3v) is 6.07. The van der Waals surface area contributed by atoms with Crippen LogP contribution in [0.4, 0.5) is 0 Å². The molecular formula is C20H36N2O3. The summed E-state index contributed by atoms with van der Waals surface area (Å²) in [5.74, 6) is 0.581. The molecule has 1 N–H and O–H groups in total. The molecule has 0 spiro atoms. The van der Waals surface area contributed by atoms with Gasteiger partial charge in [-0.05, 0) is 29.6 Å². The van der Waals surface area contributed by atoms with Crippen molar-refractivity contribution in [3.05, 3.63) is 0 Å². The highest BCUT2D eigenvalue weighted by atomic mass is 16.3. The molecule has 2 rings (SSSR count). The van der Waals surface area contributed by atoms with E-state index in [1.54, 1.807) is 0 Å². The van der Waals surface area contributed by atoms with Crippen molar-refractivity contribution in [1.82, 2.24) is 9.80 Å². The molecule has 0 bridgehead atoms. The lowest BCUT2D eigenvalue weighted by atomic mass is 9.75. The van der Waals surface area contributed by atoms with Crippen LogP contribution in [0.5, 0.6) is 0 Å². The molecule has 2 heterocycles. The van der Waals surface area contributed by atoms with Crippen molar-refractivity contribution in [3.8, 4) is 0 Å². The van der Waals surface area contributed by atoms with Crippen molar-refractivity contribution in [1.29, 1.82) is 0 Å². The molecule has 0 aromatic carbocycles. The fourth-order valence-electron chi connectivity index (χ4n) is 4.14. The van der Waals surface area contributed by atoms with Gasteiger partial charge in [-0.2, -0.15) is 0 Å². The Hall–Kier alpha value is -1.10. The molecule has 144 valence electrons. The average Bonchev–Trinajstić information content (AvgIpc) is 2.79. The van der Waals surface area contributed by atoms with Gasteiger partial charge in [0.2, 0.25) is 11.8 Å². The van der Waals surface area contributed by atoms with Crippen LogP contribution in [0.3, 0.4) is 0 Å². The van der Waals surface area contributed by atoms with Crippen molar-refractivity contribution < 1.29 is 14.7 Å². The van der Waals surface area contributed by atoms with Crippen LogP contribution in [0.1, 0.15) is 67.2 Å². The molecular weight excluding hydrogens is 316 g/mol. The molecule has 0 aromatic heterocycles. The van der Waals surface area contributed by atoms with Crippen LogP contribution < -0.4 is 0 Å². The zero-order valence-corrected chi connectivity index (χ0v) is 16.8. The van der Waals surface area contributed by atoms with Gasteiger partial charge in [-0.1, -0.05) is 41.5 Å². The van der Waals surface area contributed by atoms with E-state index >= 15 is 0 Å². The highest BCUT2D eigenvalue weighted by Crippen LogP contribution is 2.37. The lowest BCUT2D eigenvalue weighted by molar-refractivity contribution is -0.139. The summed E-state index contributed by atoms with van der Waals surface area (Å²) >= 11 is 0. The Morgan fingerprint density at radius 1 is 1.08 bits per heavy atom. The summed E-state index contributed by atoms with van der Waals surface area (Å²) in [4.78, 5) is 28.5. The van der Waals surface area contributed by atoms with Gasteiger partial charge in [-0.3, -0.25) is 9.59 Å². The van der Waals surface area contributed by atoms with E-state index in [9.17, 15) is 14.7 Å². The van der Waals surface area contributed by atoms with Crippen LogP contribution in [0, 0.1) is 22.7 Å². The normalized spacial score (nSPS) is 26.4. The number of hydrogen-bond donors (Lipinski definition) is 1. The lowest BCUT2D eigenvalue weighted by Gasteiger charge is -2.39. The smallest absolute Gasteiger partial charge is 0.228 e. The number of piperidine rings is 1. The summed E-state index contributed by atoms with van der Waals surface area (Å²) in [5.41, 5.74) is 0.134. The number of carbonyl (C=O) groups excluding carboxylic acids is 2. The minimum Gasteiger partial charge on any atom is -0.373 e. The zero-order chi connectivity index (χ0) is 19.0. The SMILES string of the molecule is CC(C)(C)C1CCN(C(=O)CCN2C(=O)C(C(C)(C)C)CC2O)CC1. The van der Waals surface area contributed by atoms with Crippen molar-refractivity contribution in [2.24, 2.45) is 22.7 Å². The highest BCUT2D eigenvalue weighted by Gasteiger charge is 2.44. The lowest BCUT2D eigenvalue weighted by Crippen LogP contribution is -2.43. The summed E-state index contributed by atoms with van der Waals surface area (Å²) in [6.07, 6.45) is 2.11. The predicted octanol–water partition coefficient (Wildman–Crippen LogP) is 2.87. The second-order valence-electron chi connectivity index (χ2n) is 9.94.